The Balaban J connectivity index is 3.06. The van der Waals surface area contributed by atoms with Crippen LogP contribution in [0.15, 0.2) is 30.9 Å². The van der Waals surface area contributed by atoms with E-state index in [0.717, 1.165) is 6.07 Å². The highest BCUT2D eigenvalue weighted by molar-refractivity contribution is 5.41. The van der Waals surface area contributed by atoms with Gasteiger partial charge in [-0.25, -0.2) is 0 Å². The Hall–Kier alpha value is -1.72. The van der Waals surface area contributed by atoms with Crippen LogP contribution in [0.2, 0.25) is 0 Å². The predicted molar refractivity (Wildman–Crippen MR) is 58.3 cm³/mol. The molecule has 1 atom stereocenters. The van der Waals surface area contributed by atoms with Gasteiger partial charge in [-0.2, -0.15) is 17.6 Å². The van der Waals surface area contributed by atoms with Crippen molar-refractivity contribution in [3.63, 3.8) is 0 Å². The van der Waals surface area contributed by atoms with E-state index >= 15 is 0 Å². The van der Waals surface area contributed by atoms with Crippen LogP contribution in [0.5, 0.6) is 11.5 Å². The van der Waals surface area contributed by atoms with Crippen LogP contribution in [0.1, 0.15) is 18.4 Å². The normalized spacial score (nSPS) is 12.6. The number of allylic oxidation sites excluding steroid dienone is 1. The molecule has 100 valence electrons. The van der Waals surface area contributed by atoms with E-state index in [0.29, 0.717) is 5.56 Å². The van der Waals surface area contributed by atoms with Crippen molar-refractivity contribution in [1.82, 2.24) is 0 Å². The van der Waals surface area contributed by atoms with Gasteiger partial charge >= 0.3 is 13.2 Å². The molecule has 1 aromatic carbocycles. The third-order valence-electron chi connectivity index (χ3n) is 2.23. The smallest absolute Gasteiger partial charge is 0.387 e. The van der Waals surface area contributed by atoms with E-state index < -0.39 is 13.2 Å². The lowest BCUT2D eigenvalue weighted by molar-refractivity contribution is -0.0543. The molecule has 1 aromatic rings. The largest absolute Gasteiger partial charge is 0.435 e. The van der Waals surface area contributed by atoms with Crippen LogP contribution in [0.4, 0.5) is 17.6 Å². The number of hydrogen-bond donors (Lipinski definition) is 0. The van der Waals surface area contributed by atoms with Gasteiger partial charge in [0.25, 0.3) is 0 Å². The molecule has 0 radical (unpaired) electrons. The molecule has 0 aliphatic heterocycles. The maximum atomic E-state index is 12.1. The van der Waals surface area contributed by atoms with Gasteiger partial charge in [0, 0.05) is 6.07 Å². The molecule has 0 N–H and O–H groups in total. The van der Waals surface area contributed by atoms with Crippen LogP contribution in [0.3, 0.4) is 0 Å². The van der Waals surface area contributed by atoms with Crippen LogP contribution < -0.4 is 9.47 Å². The zero-order chi connectivity index (χ0) is 13.7. The van der Waals surface area contributed by atoms with Gasteiger partial charge in [-0.15, -0.1) is 6.58 Å². The van der Waals surface area contributed by atoms with Gasteiger partial charge in [0.2, 0.25) is 0 Å². The fourth-order valence-electron chi connectivity index (χ4n) is 1.33. The molecular weight excluding hydrogens is 252 g/mol. The Morgan fingerprint density at radius 1 is 1.00 bits per heavy atom. The summed E-state index contributed by atoms with van der Waals surface area (Å²) in [7, 11) is 0. The van der Waals surface area contributed by atoms with Gasteiger partial charge in [-0.05, 0) is 23.6 Å². The van der Waals surface area contributed by atoms with E-state index in [4.69, 9.17) is 0 Å². The monoisotopic (exact) mass is 264 g/mol. The van der Waals surface area contributed by atoms with Crippen molar-refractivity contribution in [1.29, 1.82) is 0 Å². The van der Waals surface area contributed by atoms with Crippen molar-refractivity contribution in [2.24, 2.45) is 0 Å². The first-order valence-electron chi connectivity index (χ1n) is 5.09. The van der Waals surface area contributed by atoms with Gasteiger partial charge in [-0.1, -0.05) is 13.0 Å². The second-order valence-electron chi connectivity index (χ2n) is 3.52. The lowest BCUT2D eigenvalue weighted by Crippen LogP contribution is -2.06. The fraction of sp³-hybridized carbons (Fsp3) is 0.333. The third kappa shape index (κ3) is 4.27. The highest BCUT2D eigenvalue weighted by Crippen LogP contribution is 2.29. The van der Waals surface area contributed by atoms with Crippen molar-refractivity contribution in [3.8, 4) is 11.5 Å². The molecule has 0 heterocycles. The van der Waals surface area contributed by atoms with E-state index in [2.05, 4.69) is 16.1 Å². The first-order valence-corrected chi connectivity index (χ1v) is 5.09. The lowest BCUT2D eigenvalue weighted by atomic mass is 10.0. The summed E-state index contributed by atoms with van der Waals surface area (Å²) in [5.41, 5.74) is 0.499. The number of ether oxygens (including phenoxy) is 2. The SMILES string of the molecule is C=CC(C)c1cc(OC(F)F)cc(OC(F)F)c1. The molecule has 0 amide bonds. The summed E-state index contributed by atoms with van der Waals surface area (Å²) in [5.74, 6) is -0.662. The number of alkyl halides is 4. The average Bonchev–Trinajstić information content (AvgIpc) is 2.25. The summed E-state index contributed by atoms with van der Waals surface area (Å²) < 4.78 is 56.8. The molecule has 0 fully saturated rings. The molecule has 0 aliphatic carbocycles. The van der Waals surface area contributed by atoms with E-state index in [1.807, 2.05) is 0 Å². The zero-order valence-corrected chi connectivity index (χ0v) is 9.58. The van der Waals surface area contributed by atoms with Crippen LogP contribution >= 0.6 is 0 Å². The molecule has 0 saturated heterocycles. The number of rotatable bonds is 6. The minimum absolute atomic E-state index is 0.203. The Morgan fingerprint density at radius 2 is 1.44 bits per heavy atom. The second kappa shape index (κ2) is 6.28. The summed E-state index contributed by atoms with van der Waals surface area (Å²) in [4.78, 5) is 0. The Morgan fingerprint density at radius 3 is 1.78 bits per heavy atom. The maximum absolute atomic E-state index is 12.1. The van der Waals surface area contributed by atoms with Gasteiger partial charge in [-0.3, -0.25) is 0 Å². The molecule has 0 aromatic heterocycles. The zero-order valence-electron chi connectivity index (χ0n) is 9.58. The summed E-state index contributed by atoms with van der Waals surface area (Å²) in [6.45, 7) is -0.781. The van der Waals surface area contributed by atoms with Crippen molar-refractivity contribution in [2.45, 2.75) is 26.1 Å². The summed E-state index contributed by atoms with van der Waals surface area (Å²) in [5, 5.41) is 0. The quantitative estimate of drug-likeness (QED) is 0.567. The molecule has 2 nitrogen and oxygen atoms in total. The number of halogens is 4. The van der Waals surface area contributed by atoms with Gasteiger partial charge in [0.1, 0.15) is 11.5 Å². The van der Waals surface area contributed by atoms with Crippen LogP contribution in [-0.4, -0.2) is 13.2 Å². The van der Waals surface area contributed by atoms with Crippen LogP contribution in [0, 0.1) is 0 Å². The fourth-order valence-corrected chi connectivity index (χ4v) is 1.33. The Kier molecular flexibility index (Phi) is 5.00. The average molecular weight is 264 g/mol. The van der Waals surface area contributed by atoms with Crippen LogP contribution in [0.25, 0.3) is 0 Å². The lowest BCUT2D eigenvalue weighted by Gasteiger charge is -2.13. The highest BCUT2D eigenvalue weighted by atomic mass is 19.3. The standard InChI is InChI=1S/C12H12F4O2/c1-3-7(2)8-4-9(17-11(13)14)6-10(5-8)18-12(15)16/h3-7,11-12H,1H2,2H3. The van der Waals surface area contributed by atoms with Crippen molar-refractivity contribution >= 4 is 0 Å². The predicted octanol–water partition coefficient (Wildman–Crippen LogP) is 4.18. The first kappa shape index (κ1) is 14.3. The molecule has 18 heavy (non-hydrogen) atoms. The number of hydrogen-bond acceptors (Lipinski definition) is 2. The van der Waals surface area contributed by atoms with Gasteiger partial charge < -0.3 is 9.47 Å². The highest BCUT2D eigenvalue weighted by Gasteiger charge is 2.13. The maximum Gasteiger partial charge on any atom is 0.387 e. The molecule has 1 rings (SSSR count). The van der Waals surface area contributed by atoms with E-state index in [-0.39, 0.29) is 17.4 Å². The second-order valence-corrected chi connectivity index (χ2v) is 3.52. The van der Waals surface area contributed by atoms with E-state index in [1.54, 1.807) is 13.0 Å². The summed E-state index contributed by atoms with van der Waals surface area (Å²) in [6.07, 6.45) is 1.55. The Labute approximate surface area is 102 Å². The van der Waals surface area contributed by atoms with Crippen molar-refractivity contribution in [3.05, 3.63) is 36.4 Å². The van der Waals surface area contributed by atoms with E-state index in [1.165, 1.54) is 12.1 Å². The summed E-state index contributed by atoms with van der Waals surface area (Å²) in [6, 6.07) is 3.64. The molecular formula is C12H12F4O2. The third-order valence-corrected chi connectivity index (χ3v) is 2.23. The van der Waals surface area contributed by atoms with Gasteiger partial charge in [0.05, 0.1) is 0 Å². The van der Waals surface area contributed by atoms with Crippen molar-refractivity contribution < 1.29 is 27.0 Å². The van der Waals surface area contributed by atoms with Gasteiger partial charge in [0.15, 0.2) is 0 Å². The molecule has 0 bridgehead atoms. The molecule has 0 spiro atoms. The molecule has 1 unspecified atom stereocenters. The van der Waals surface area contributed by atoms with E-state index in [9.17, 15) is 17.6 Å². The van der Waals surface area contributed by atoms with Crippen LogP contribution in [-0.2, 0) is 0 Å². The molecule has 0 aliphatic rings. The summed E-state index contributed by atoms with van der Waals surface area (Å²) >= 11 is 0. The topological polar surface area (TPSA) is 18.5 Å². The molecule has 0 saturated carbocycles. The number of benzene rings is 1. The Bertz CT molecular complexity index is 379. The minimum Gasteiger partial charge on any atom is -0.435 e. The van der Waals surface area contributed by atoms with Crippen molar-refractivity contribution in [2.75, 3.05) is 0 Å². The molecule has 6 heteroatoms. The first-order chi connectivity index (χ1) is 8.42. The minimum atomic E-state index is -3.03.